The van der Waals surface area contributed by atoms with Gasteiger partial charge in [-0.1, -0.05) is 20.3 Å². The molecule has 0 radical (unpaired) electrons. The summed E-state index contributed by atoms with van der Waals surface area (Å²) in [5, 5.41) is 3.77. The topological polar surface area (TPSA) is 15.3 Å². The second-order valence-electron chi connectivity index (χ2n) is 5.94. The third-order valence-electron chi connectivity index (χ3n) is 4.73. The van der Waals surface area contributed by atoms with E-state index in [2.05, 4.69) is 24.1 Å². The van der Waals surface area contributed by atoms with Crippen molar-refractivity contribution in [2.75, 3.05) is 19.6 Å². The highest BCUT2D eigenvalue weighted by molar-refractivity contribution is 4.84. The highest BCUT2D eigenvalue weighted by Crippen LogP contribution is 2.27. The SMILES string of the molecule is CCC1CCC(NCCN(CC)C2CC2)CC1. The van der Waals surface area contributed by atoms with Crippen LogP contribution in [0.3, 0.4) is 0 Å². The Balaban J connectivity index is 1.56. The van der Waals surface area contributed by atoms with E-state index in [0.717, 1.165) is 18.0 Å². The van der Waals surface area contributed by atoms with E-state index in [1.165, 1.54) is 64.6 Å². The predicted octanol–water partition coefficient (Wildman–Crippen LogP) is 3.03. The second-order valence-corrected chi connectivity index (χ2v) is 5.94. The molecule has 0 bridgehead atoms. The van der Waals surface area contributed by atoms with Gasteiger partial charge in [-0.15, -0.1) is 0 Å². The van der Waals surface area contributed by atoms with Gasteiger partial charge in [0.15, 0.2) is 0 Å². The molecule has 1 N–H and O–H groups in total. The number of rotatable bonds is 7. The van der Waals surface area contributed by atoms with Crippen LogP contribution in [0, 0.1) is 5.92 Å². The molecule has 2 nitrogen and oxygen atoms in total. The van der Waals surface area contributed by atoms with E-state index in [1.54, 1.807) is 0 Å². The fourth-order valence-electron chi connectivity index (χ4n) is 3.23. The van der Waals surface area contributed by atoms with Gasteiger partial charge < -0.3 is 5.32 Å². The predicted molar refractivity (Wildman–Crippen MR) is 74.3 cm³/mol. The lowest BCUT2D eigenvalue weighted by Crippen LogP contribution is -2.39. The third kappa shape index (κ3) is 4.26. The maximum atomic E-state index is 3.77. The summed E-state index contributed by atoms with van der Waals surface area (Å²) in [6.45, 7) is 8.33. The smallest absolute Gasteiger partial charge is 0.0110 e. The minimum Gasteiger partial charge on any atom is -0.313 e. The summed E-state index contributed by atoms with van der Waals surface area (Å²) in [5.74, 6) is 1.02. The molecule has 0 aliphatic heterocycles. The Morgan fingerprint density at radius 1 is 1.00 bits per heavy atom. The first-order chi connectivity index (χ1) is 8.33. The van der Waals surface area contributed by atoms with Gasteiger partial charge in [0.1, 0.15) is 0 Å². The van der Waals surface area contributed by atoms with E-state index >= 15 is 0 Å². The van der Waals surface area contributed by atoms with Crippen LogP contribution in [0.1, 0.15) is 58.8 Å². The zero-order valence-corrected chi connectivity index (χ0v) is 11.8. The molecule has 2 heteroatoms. The lowest BCUT2D eigenvalue weighted by molar-refractivity contribution is 0.249. The van der Waals surface area contributed by atoms with Crippen molar-refractivity contribution in [2.45, 2.75) is 70.9 Å². The van der Waals surface area contributed by atoms with Crippen molar-refractivity contribution < 1.29 is 0 Å². The molecular formula is C15H30N2. The molecule has 0 unspecified atom stereocenters. The number of hydrogen-bond acceptors (Lipinski definition) is 2. The van der Waals surface area contributed by atoms with E-state index in [-0.39, 0.29) is 0 Å². The van der Waals surface area contributed by atoms with Gasteiger partial charge >= 0.3 is 0 Å². The molecule has 2 saturated carbocycles. The van der Waals surface area contributed by atoms with Crippen LogP contribution in [-0.2, 0) is 0 Å². The van der Waals surface area contributed by atoms with Crippen molar-refractivity contribution in [3.05, 3.63) is 0 Å². The van der Waals surface area contributed by atoms with E-state index in [9.17, 15) is 0 Å². The summed E-state index contributed by atoms with van der Waals surface area (Å²) in [5.41, 5.74) is 0. The average Bonchev–Trinajstić information content (AvgIpc) is 3.20. The van der Waals surface area contributed by atoms with Crippen molar-refractivity contribution in [1.82, 2.24) is 10.2 Å². The molecule has 2 rings (SSSR count). The molecule has 0 heterocycles. The van der Waals surface area contributed by atoms with E-state index < -0.39 is 0 Å². The van der Waals surface area contributed by atoms with Gasteiger partial charge in [-0.25, -0.2) is 0 Å². The normalized spacial score (nSPS) is 29.8. The fourth-order valence-corrected chi connectivity index (χ4v) is 3.23. The van der Waals surface area contributed by atoms with Crippen LogP contribution in [0.25, 0.3) is 0 Å². The molecule has 17 heavy (non-hydrogen) atoms. The van der Waals surface area contributed by atoms with Gasteiger partial charge in [0.05, 0.1) is 0 Å². The van der Waals surface area contributed by atoms with Crippen molar-refractivity contribution >= 4 is 0 Å². The van der Waals surface area contributed by atoms with Gasteiger partial charge in [0, 0.05) is 25.2 Å². The summed E-state index contributed by atoms with van der Waals surface area (Å²) in [4.78, 5) is 2.64. The van der Waals surface area contributed by atoms with Crippen LogP contribution in [0.5, 0.6) is 0 Å². The summed E-state index contributed by atoms with van der Waals surface area (Å²) in [6, 6.07) is 1.74. The molecule has 0 atom stereocenters. The maximum Gasteiger partial charge on any atom is 0.0110 e. The van der Waals surface area contributed by atoms with Gasteiger partial charge in [-0.2, -0.15) is 0 Å². The zero-order valence-electron chi connectivity index (χ0n) is 11.8. The molecule has 2 fully saturated rings. The lowest BCUT2D eigenvalue weighted by atomic mass is 9.84. The average molecular weight is 238 g/mol. The number of likely N-dealkylation sites (N-methyl/N-ethyl adjacent to an activating group) is 1. The second kappa shape index (κ2) is 6.75. The highest BCUT2D eigenvalue weighted by Gasteiger charge is 2.27. The first kappa shape index (κ1) is 13.4. The standard InChI is InChI=1S/C15H30N2/c1-3-13-5-7-14(8-6-13)16-11-12-17(4-2)15-9-10-15/h13-16H,3-12H2,1-2H3. The molecule has 0 spiro atoms. The lowest BCUT2D eigenvalue weighted by Gasteiger charge is -2.29. The Morgan fingerprint density at radius 3 is 2.24 bits per heavy atom. The van der Waals surface area contributed by atoms with Crippen molar-refractivity contribution in [2.24, 2.45) is 5.92 Å². The molecule has 100 valence electrons. The quantitative estimate of drug-likeness (QED) is 0.733. The van der Waals surface area contributed by atoms with Crippen LogP contribution in [0.2, 0.25) is 0 Å². The Hall–Kier alpha value is -0.0800. The van der Waals surface area contributed by atoms with Crippen LogP contribution in [0.15, 0.2) is 0 Å². The molecule has 2 aliphatic rings. The van der Waals surface area contributed by atoms with E-state index in [4.69, 9.17) is 0 Å². The van der Waals surface area contributed by atoms with E-state index in [1.807, 2.05) is 0 Å². The molecular weight excluding hydrogens is 208 g/mol. The molecule has 2 aliphatic carbocycles. The zero-order chi connectivity index (χ0) is 12.1. The highest BCUT2D eigenvalue weighted by atomic mass is 15.2. The monoisotopic (exact) mass is 238 g/mol. The Labute approximate surface area is 107 Å². The van der Waals surface area contributed by atoms with Crippen LogP contribution in [-0.4, -0.2) is 36.6 Å². The van der Waals surface area contributed by atoms with Crippen molar-refractivity contribution in [3.8, 4) is 0 Å². The van der Waals surface area contributed by atoms with E-state index in [0.29, 0.717) is 0 Å². The van der Waals surface area contributed by atoms with Crippen LogP contribution >= 0.6 is 0 Å². The first-order valence-electron chi connectivity index (χ1n) is 7.80. The Bertz CT molecular complexity index is 205. The first-order valence-corrected chi connectivity index (χ1v) is 7.80. The molecule has 0 aromatic rings. The Morgan fingerprint density at radius 2 is 1.71 bits per heavy atom. The molecule has 0 aromatic heterocycles. The number of nitrogens with one attached hydrogen (secondary N) is 1. The summed E-state index contributed by atoms with van der Waals surface area (Å²) >= 11 is 0. The van der Waals surface area contributed by atoms with Crippen LogP contribution in [0.4, 0.5) is 0 Å². The minimum absolute atomic E-state index is 0.815. The largest absolute Gasteiger partial charge is 0.313 e. The van der Waals surface area contributed by atoms with Gasteiger partial charge in [-0.05, 0) is 51.0 Å². The van der Waals surface area contributed by atoms with Crippen molar-refractivity contribution in [1.29, 1.82) is 0 Å². The van der Waals surface area contributed by atoms with Gasteiger partial charge in [0.2, 0.25) is 0 Å². The van der Waals surface area contributed by atoms with Gasteiger partial charge in [0.25, 0.3) is 0 Å². The molecule has 0 aromatic carbocycles. The molecule has 0 amide bonds. The maximum absolute atomic E-state index is 3.77. The molecule has 0 saturated heterocycles. The number of hydrogen-bond donors (Lipinski definition) is 1. The van der Waals surface area contributed by atoms with Crippen LogP contribution < -0.4 is 5.32 Å². The summed E-state index contributed by atoms with van der Waals surface area (Å²) < 4.78 is 0. The fraction of sp³-hybridized carbons (Fsp3) is 1.00. The van der Waals surface area contributed by atoms with Crippen molar-refractivity contribution in [3.63, 3.8) is 0 Å². The minimum atomic E-state index is 0.815. The number of nitrogens with zero attached hydrogens (tertiary/aromatic N) is 1. The third-order valence-corrected chi connectivity index (χ3v) is 4.73. The summed E-state index contributed by atoms with van der Waals surface area (Å²) in [6.07, 6.45) is 9.99. The Kier molecular flexibility index (Phi) is 5.30. The summed E-state index contributed by atoms with van der Waals surface area (Å²) in [7, 11) is 0. The van der Waals surface area contributed by atoms with Gasteiger partial charge in [-0.3, -0.25) is 4.90 Å².